The fraction of sp³-hybridized carbons (Fsp3) is 0.333. The largest absolute Gasteiger partial charge is 0.374 e. The Morgan fingerprint density at radius 1 is 1.25 bits per heavy atom. The van der Waals surface area contributed by atoms with Crippen LogP contribution in [0.5, 0.6) is 0 Å². The second-order valence-corrected chi connectivity index (χ2v) is 6.03. The number of nitrogens with zero attached hydrogens (tertiary/aromatic N) is 1. The molecule has 0 aliphatic heterocycles. The van der Waals surface area contributed by atoms with Gasteiger partial charge in [-0.2, -0.15) is 0 Å². The van der Waals surface area contributed by atoms with Crippen LogP contribution in [0.3, 0.4) is 0 Å². The highest BCUT2D eigenvalue weighted by Gasteiger charge is 2.15. The summed E-state index contributed by atoms with van der Waals surface area (Å²) in [5.41, 5.74) is 3.06. The van der Waals surface area contributed by atoms with Crippen molar-refractivity contribution in [2.75, 3.05) is 10.6 Å². The molecule has 1 amide bonds. The number of anilines is 2. The molecule has 0 saturated heterocycles. The van der Waals surface area contributed by atoms with Gasteiger partial charge in [-0.3, -0.25) is 4.79 Å². The third kappa shape index (κ3) is 3.36. The molecule has 1 aromatic heterocycles. The second kappa shape index (κ2) is 6.05. The Bertz CT molecular complexity index is 602. The van der Waals surface area contributed by atoms with E-state index in [-0.39, 0.29) is 11.9 Å². The molecule has 4 nitrogen and oxygen atoms in total. The van der Waals surface area contributed by atoms with Crippen molar-refractivity contribution >= 4 is 28.1 Å². The molecule has 0 bridgehead atoms. The number of hydrogen-bond donors (Lipinski definition) is 2. The van der Waals surface area contributed by atoms with Crippen molar-refractivity contribution in [3.8, 4) is 0 Å². The van der Waals surface area contributed by atoms with Crippen molar-refractivity contribution in [3.05, 3.63) is 40.4 Å². The van der Waals surface area contributed by atoms with E-state index in [0.29, 0.717) is 5.13 Å². The summed E-state index contributed by atoms with van der Waals surface area (Å²) in [4.78, 5) is 17.6. The van der Waals surface area contributed by atoms with E-state index in [1.54, 1.807) is 0 Å². The summed E-state index contributed by atoms with van der Waals surface area (Å²) in [5, 5.41) is 6.72. The topological polar surface area (TPSA) is 54.0 Å². The number of nitrogens with one attached hydrogen (secondary N) is 2. The van der Waals surface area contributed by atoms with Crippen LogP contribution in [0.25, 0.3) is 0 Å². The van der Waals surface area contributed by atoms with Crippen molar-refractivity contribution in [2.45, 2.75) is 33.7 Å². The quantitative estimate of drug-likeness (QED) is 0.905. The molecule has 106 valence electrons. The SMILES string of the molecule is Cc1ccccc1NC(C)C(=O)Nc1nc(C)c(C)s1. The summed E-state index contributed by atoms with van der Waals surface area (Å²) >= 11 is 1.50. The summed E-state index contributed by atoms with van der Waals surface area (Å²) in [5.74, 6) is -0.0815. The van der Waals surface area contributed by atoms with Crippen LogP contribution in [0.4, 0.5) is 10.8 Å². The predicted octanol–water partition coefficient (Wildman–Crippen LogP) is 3.51. The normalized spacial score (nSPS) is 12.0. The van der Waals surface area contributed by atoms with Gasteiger partial charge in [-0.25, -0.2) is 4.98 Å². The molecule has 5 heteroatoms. The standard InChI is InChI=1S/C15H19N3OS/c1-9-7-5-6-8-13(9)16-11(3)14(19)18-15-17-10(2)12(4)20-15/h5-8,11,16H,1-4H3,(H,17,18,19). The average Bonchev–Trinajstić information content (AvgIpc) is 2.71. The first-order valence-corrected chi connectivity index (χ1v) is 7.36. The maximum absolute atomic E-state index is 12.1. The van der Waals surface area contributed by atoms with Crippen LogP contribution >= 0.6 is 11.3 Å². The monoisotopic (exact) mass is 289 g/mol. The van der Waals surface area contributed by atoms with Crippen LogP contribution in [-0.4, -0.2) is 16.9 Å². The third-order valence-electron chi connectivity index (χ3n) is 3.17. The molecule has 1 aromatic carbocycles. The molecule has 0 aliphatic carbocycles. The fourth-order valence-corrected chi connectivity index (χ4v) is 2.59. The molecule has 0 fully saturated rings. The van der Waals surface area contributed by atoms with E-state index in [1.807, 2.05) is 52.0 Å². The molecule has 2 N–H and O–H groups in total. The van der Waals surface area contributed by atoms with Crippen molar-refractivity contribution in [2.24, 2.45) is 0 Å². The van der Waals surface area contributed by atoms with Crippen molar-refractivity contribution in [1.29, 1.82) is 0 Å². The molecule has 1 atom stereocenters. The lowest BCUT2D eigenvalue weighted by Gasteiger charge is -2.15. The van der Waals surface area contributed by atoms with Crippen LogP contribution < -0.4 is 10.6 Å². The van der Waals surface area contributed by atoms with Gasteiger partial charge in [-0.05, 0) is 39.3 Å². The molecular formula is C15H19N3OS. The van der Waals surface area contributed by atoms with Gasteiger partial charge in [-0.15, -0.1) is 11.3 Å². The van der Waals surface area contributed by atoms with Gasteiger partial charge < -0.3 is 10.6 Å². The third-order valence-corrected chi connectivity index (χ3v) is 4.16. The van der Waals surface area contributed by atoms with Crippen LogP contribution in [0.1, 0.15) is 23.1 Å². The molecule has 0 aliphatic rings. The van der Waals surface area contributed by atoms with Crippen molar-refractivity contribution < 1.29 is 4.79 Å². The molecule has 2 aromatic rings. The number of benzene rings is 1. The van der Waals surface area contributed by atoms with E-state index in [0.717, 1.165) is 21.8 Å². The highest BCUT2D eigenvalue weighted by atomic mass is 32.1. The molecule has 1 heterocycles. The molecule has 2 rings (SSSR count). The average molecular weight is 289 g/mol. The van der Waals surface area contributed by atoms with E-state index < -0.39 is 0 Å². The van der Waals surface area contributed by atoms with Crippen LogP contribution in [0.15, 0.2) is 24.3 Å². The number of aromatic nitrogens is 1. The van der Waals surface area contributed by atoms with E-state index >= 15 is 0 Å². The van der Waals surface area contributed by atoms with E-state index in [1.165, 1.54) is 11.3 Å². The van der Waals surface area contributed by atoms with Gasteiger partial charge >= 0.3 is 0 Å². The van der Waals surface area contributed by atoms with Crippen molar-refractivity contribution in [1.82, 2.24) is 4.98 Å². The first kappa shape index (κ1) is 14.5. The van der Waals surface area contributed by atoms with E-state index in [4.69, 9.17) is 0 Å². The van der Waals surface area contributed by atoms with Gasteiger partial charge in [0.15, 0.2) is 5.13 Å². The minimum absolute atomic E-state index is 0.0815. The first-order chi connectivity index (χ1) is 9.47. The number of hydrogen-bond acceptors (Lipinski definition) is 4. The van der Waals surface area contributed by atoms with Crippen LogP contribution in [0, 0.1) is 20.8 Å². The number of para-hydroxylation sites is 1. The molecular weight excluding hydrogens is 270 g/mol. The van der Waals surface area contributed by atoms with Gasteiger partial charge in [0.05, 0.1) is 5.69 Å². The minimum Gasteiger partial charge on any atom is -0.374 e. The molecule has 0 spiro atoms. The maximum atomic E-state index is 12.1. The smallest absolute Gasteiger partial charge is 0.248 e. The van der Waals surface area contributed by atoms with Gasteiger partial charge in [0.2, 0.25) is 5.91 Å². The Hall–Kier alpha value is -1.88. The summed E-state index contributed by atoms with van der Waals surface area (Å²) in [7, 11) is 0. The highest BCUT2D eigenvalue weighted by Crippen LogP contribution is 2.21. The van der Waals surface area contributed by atoms with Gasteiger partial charge in [0.25, 0.3) is 0 Å². The van der Waals surface area contributed by atoms with E-state index in [9.17, 15) is 4.79 Å². The number of amides is 1. The molecule has 0 radical (unpaired) electrons. The lowest BCUT2D eigenvalue weighted by Crippen LogP contribution is -2.32. The first-order valence-electron chi connectivity index (χ1n) is 6.54. The van der Waals surface area contributed by atoms with E-state index in [2.05, 4.69) is 15.6 Å². The summed E-state index contributed by atoms with van der Waals surface area (Å²) in [6, 6.07) is 7.59. The number of thiazole rings is 1. The molecule has 0 saturated carbocycles. The Labute approximate surface area is 123 Å². The zero-order valence-corrected chi connectivity index (χ0v) is 13.0. The summed E-state index contributed by atoms with van der Waals surface area (Å²) in [6.07, 6.45) is 0. The number of carbonyl (C=O) groups is 1. The van der Waals surface area contributed by atoms with Gasteiger partial charge in [-0.1, -0.05) is 18.2 Å². The van der Waals surface area contributed by atoms with Gasteiger partial charge in [0, 0.05) is 10.6 Å². The predicted molar refractivity (Wildman–Crippen MR) is 84.5 cm³/mol. The number of rotatable bonds is 4. The van der Waals surface area contributed by atoms with Crippen LogP contribution in [0.2, 0.25) is 0 Å². The summed E-state index contributed by atoms with van der Waals surface area (Å²) in [6.45, 7) is 7.80. The Kier molecular flexibility index (Phi) is 4.39. The Morgan fingerprint density at radius 2 is 1.95 bits per heavy atom. The van der Waals surface area contributed by atoms with Crippen LogP contribution in [-0.2, 0) is 4.79 Å². The Morgan fingerprint density at radius 3 is 2.55 bits per heavy atom. The minimum atomic E-state index is -0.319. The maximum Gasteiger partial charge on any atom is 0.248 e. The molecule has 1 unspecified atom stereocenters. The Balaban J connectivity index is 2.00. The number of carbonyl (C=O) groups excluding carboxylic acids is 1. The zero-order chi connectivity index (χ0) is 14.7. The lowest BCUT2D eigenvalue weighted by atomic mass is 10.2. The second-order valence-electron chi connectivity index (χ2n) is 4.83. The zero-order valence-electron chi connectivity index (χ0n) is 12.2. The number of aryl methyl sites for hydroxylation is 3. The lowest BCUT2D eigenvalue weighted by molar-refractivity contribution is -0.116. The fourth-order valence-electron chi connectivity index (χ4n) is 1.77. The molecule has 20 heavy (non-hydrogen) atoms. The van der Waals surface area contributed by atoms with Crippen molar-refractivity contribution in [3.63, 3.8) is 0 Å². The summed E-state index contributed by atoms with van der Waals surface area (Å²) < 4.78 is 0. The van der Waals surface area contributed by atoms with Gasteiger partial charge in [0.1, 0.15) is 6.04 Å². The highest BCUT2D eigenvalue weighted by molar-refractivity contribution is 7.15.